The number of aldehydes is 1. The first-order valence-electron chi connectivity index (χ1n) is 3.92. The van der Waals surface area contributed by atoms with Gasteiger partial charge in [-0.05, 0) is 42.7 Å². The van der Waals surface area contributed by atoms with Crippen LogP contribution < -0.4 is 0 Å². The van der Waals surface area contributed by atoms with Crippen LogP contribution in [0.15, 0.2) is 12.1 Å². The van der Waals surface area contributed by atoms with Gasteiger partial charge in [0.15, 0.2) is 0 Å². The molecule has 1 aromatic carbocycles. The molecule has 0 heterocycles. The van der Waals surface area contributed by atoms with Crippen molar-refractivity contribution in [2.24, 2.45) is 0 Å². The minimum atomic E-state index is -0.232. The monoisotopic (exact) mass is 260 g/mol. The number of carbonyl (C=O) groups excluding carboxylic acids is 1. The van der Waals surface area contributed by atoms with Crippen LogP contribution in [0.25, 0.3) is 0 Å². The van der Waals surface area contributed by atoms with Gasteiger partial charge in [0.2, 0.25) is 0 Å². The summed E-state index contributed by atoms with van der Waals surface area (Å²) in [7, 11) is 0. The molecule has 0 aliphatic rings. The van der Waals surface area contributed by atoms with Crippen molar-refractivity contribution in [2.75, 3.05) is 0 Å². The predicted molar refractivity (Wildman–Crippen MR) is 58.7 cm³/mol. The number of carbonyl (C=O) groups is 1. The van der Waals surface area contributed by atoms with Crippen LogP contribution in [0.5, 0.6) is 0 Å². The number of aryl methyl sites for hydroxylation is 2. The number of hydrogen-bond donors (Lipinski definition) is 0. The fourth-order valence-electron chi connectivity index (χ4n) is 1.42. The van der Waals surface area contributed by atoms with E-state index < -0.39 is 0 Å². The van der Waals surface area contributed by atoms with Crippen LogP contribution in [0.4, 0.5) is 0 Å². The van der Waals surface area contributed by atoms with Gasteiger partial charge in [-0.15, -0.1) is 0 Å². The van der Waals surface area contributed by atoms with Crippen LogP contribution >= 0.6 is 27.5 Å². The molecule has 0 amide bonds. The Kier molecular flexibility index (Phi) is 3.51. The molecule has 1 unspecified atom stereocenters. The molecule has 0 fully saturated rings. The molecule has 13 heavy (non-hydrogen) atoms. The lowest BCUT2D eigenvalue weighted by atomic mass is 10.0. The van der Waals surface area contributed by atoms with Gasteiger partial charge >= 0.3 is 0 Å². The smallest absolute Gasteiger partial charge is 0.138 e. The molecule has 0 saturated heterocycles. The second-order valence-electron chi connectivity index (χ2n) is 2.99. The van der Waals surface area contributed by atoms with Gasteiger partial charge < -0.3 is 4.79 Å². The maximum Gasteiger partial charge on any atom is 0.138 e. The van der Waals surface area contributed by atoms with Crippen LogP contribution in [-0.2, 0) is 4.79 Å². The van der Waals surface area contributed by atoms with Crippen LogP contribution in [0.2, 0.25) is 5.02 Å². The lowest BCUT2D eigenvalue weighted by Crippen LogP contribution is -1.98. The fraction of sp³-hybridized carbons (Fsp3) is 0.300. The number of hydrogen-bond acceptors (Lipinski definition) is 1. The van der Waals surface area contributed by atoms with Gasteiger partial charge in [0.05, 0.1) is 4.83 Å². The molecule has 70 valence electrons. The average Bonchev–Trinajstić information content (AvgIpc) is 2.02. The van der Waals surface area contributed by atoms with Crippen LogP contribution in [-0.4, -0.2) is 6.29 Å². The van der Waals surface area contributed by atoms with Crippen molar-refractivity contribution in [2.45, 2.75) is 18.7 Å². The number of benzene rings is 1. The van der Waals surface area contributed by atoms with E-state index in [4.69, 9.17) is 11.6 Å². The largest absolute Gasteiger partial charge is 0.302 e. The van der Waals surface area contributed by atoms with Gasteiger partial charge in [0, 0.05) is 5.02 Å². The third-order valence-electron chi connectivity index (χ3n) is 1.95. The summed E-state index contributed by atoms with van der Waals surface area (Å²) >= 11 is 9.17. The Morgan fingerprint density at radius 2 is 1.85 bits per heavy atom. The molecule has 0 saturated carbocycles. The molecule has 0 spiro atoms. The molecule has 1 rings (SSSR count). The summed E-state index contributed by atoms with van der Waals surface area (Å²) in [5.74, 6) is 0. The normalized spacial score (nSPS) is 12.6. The van der Waals surface area contributed by atoms with Crippen LogP contribution in [0, 0.1) is 13.8 Å². The molecule has 0 bridgehead atoms. The van der Waals surface area contributed by atoms with Crippen molar-refractivity contribution in [3.8, 4) is 0 Å². The molecule has 3 heteroatoms. The van der Waals surface area contributed by atoms with Crippen LogP contribution in [0.1, 0.15) is 21.5 Å². The summed E-state index contributed by atoms with van der Waals surface area (Å²) in [6, 6.07) is 3.73. The van der Waals surface area contributed by atoms with E-state index >= 15 is 0 Å². The van der Waals surface area contributed by atoms with Crippen molar-refractivity contribution >= 4 is 33.8 Å². The maximum absolute atomic E-state index is 10.6. The highest BCUT2D eigenvalue weighted by Crippen LogP contribution is 2.29. The third kappa shape index (κ3) is 2.32. The van der Waals surface area contributed by atoms with E-state index in [1.165, 1.54) is 0 Å². The highest BCUT2D eigenvalue weighted by Gasteiger charge is 2.12. The summed E-state index contributed by atoms with van der Waals surface area (Å²) < 4.78 is 0. The van der Waals surface area contributed by atoms with E-state index in [0.29, 0.717) is 5.02 Å². The second kappa shape index (κ2) is 4.25. The van der Waals surface area contributed by atoms with E-state index in [9.17, 15) is 4.79 Å². The molecule has 0 N–H and O–H groups in total. The van der Waals surface area contributed by atoms with Gasteiger partial charge in [-0.1, -0.05) is 27.5 Å². The van der Waals surface area contributed by atoms with E-state index in [1.807, 2.05) is 26.0 Å². The second-order valence-corrected chi connectivity index (χ2v) is 4.41. The maximum atomic E-state index is 10.6. The molecule has 0 aliphatic heterocycles. The molecule has 1 aromatic rings. The van der Waals surface area contributed by atoms with E-state index in [2.05, 4.69) is 15.9 Å². The minimum Gasteiger partial charge on any atom is -0.302 e. The van der Waals surface area contributed by atoms with Crippen molar-refractivity contribution < 1.29 is 4.79 Å². The zero-order valence-electron chi connectivity index (χ0n) is 7.47. The Labute approximate surface area is 91.2 Å². The van der Waals surface area contributed by atoms with E-state index in [1.54, 1.807) is 0 Å². The van der Waals surface area contributed by atoms with Crippen molar-refractivity contribution in [3.05, 3.63) is 33.8 Å². The number of halogens is 2. The fourth-order valence-corrected chi connectivity index (χ4v) is 2.47. The lowest BCUT2D eigenvalue weighted by Gasteiger charge is -2.11. The Hall–Kier alpha value is -0.340. The molecule has 0 radical (unpaired) electrons. The Bertz CT molecular complexity index is 313. The zero-order chi connectivity index (χ0) is 10.0. The first kappa shape index (κ1) is 10.7. The van der Waals surface area contributed by atoms with Crippen LogP contribution in [0.3, 0.4) is 0 Å². The van der Waals surface area contributed by atoms with Gasteiger partial charge in [0.1, 0.15) is 6.29 Å². The quantitative estimate of drug-likeness (QED) is 0.587. The zero-order valence-corrected chi connectivity index (χ0v) is 9.82. The summed E-state index contributed by atoms with van der Waals surface area (Å²) in [6.07, 6.45) is 0.878. The molecule has 1 nitrogen and oxygen atoms in total. The Morgan fingerprint density at radius 1 is 1.38 bits per heavy atom. The summed E-state index contributed by atoms with van der Waals surface area (Å²) in [6.45, 7) is 3.90. The van der Waals surface area contributed by atoms with Crippen molar-refractivity contribution in [3.63, 3.8) is 0 Å². The van der Waals surface area contributed by atoms with Gasteiger partial charge in [-0.25, -0.2) is 0 Å². The molecular weight excluding hydrogens is 251 g/mol. The molecule has 1 atom stereocenters. The average molecular weight is 262 g/mol. The van der Waals surface area contributed by atoms with Gasteiger partial charge in [-0.3, -0.25) is 0 Å². The number of alkyl halides is 1. The first-order valence-corrected chi connectivity index (χ1v) is 5.21. The summed E-state index contributed by atoms with van der Waals surface area (Å²) in [5, 5.41) is 0.712. The standard InChI is InChI=1S/C10H10BrClO/c1-6-3-8(12)4-7(2)10(6)9(11)5-13/h3-5,9H,1-2H3. The first-order chi connectivity index (χ1) is 6.06. The molecule has 0 aliphatic carbocycles. The van der Waals surface area contributed by atoms with Crippen molar-refractivity contribution in [1.82, 2.24) is 0 Å². The topological polar surface area (TPSA) is 17.1 Å². The van der Waals surface area contributed by atoms with E-state index in [-0.39, 0.29) is 4.83 Å². The lowest BCUT2D eigenvalue weighted by molar-refractivity contribution is -0.107. The Morgan fingerprint density at radius 3 is 2.23 bits per heavy atom. The highest BCUT2D eigenvalue weighted by atomic mass is 79.9. The van der Waals surface area contributed by atoms with Gasteiger partial charge in [0.25, 0.3) is 0 Å². The van der Waals surface area contributed by atoms with E-state index in [0.717, 1.165) is 23.0 Å². The summed E-state index contributed by atoms with van der Waals surface area (Å²) in [4.78, 5) is 10.4. The minimum absolute atomic E-state index is 0.232. The number of rotatable bonds is 2. The summed E-state index contributed by atoms with van der Waals surface area (Å²) in [5.41, 5.74) is 3.09. The highest BCUT2D eigenvalue weighted by molar-refractivity contribution is 9.09. The predicted octanol–water partition coefficient (Wildman–Crippen LogP) is 3.59. The third-order valence-corrected chi connectivity index (χ3v) is 2.85. The van der Waals surface area contributed by atoms with Crippen molar-refractivity contribution in [1.29, 1.82) is 0 Å². The van der Waals surface area contributed by atoms with Gasteiger partial charge in [-0.2, -0.15) is 0 Å². The molecular formula is C10H10BrClO. The Balaban J connectivity index is 3.28. The molecule has 0 aromatic heterocycles. The SMILES string of the molecule is Cc1cc(Cl)cc(C)c1C(Br)C=O.